The van der Waals surface area contributed by atoms with Gasteiger partial charge in [0.1, 0.15) is 11.9 Å². The summed E-state index contributed by atoms with van der Waals surface area (Å²) in [7, 11) is 0. The van der Waals surface area contributed by atoms with Crippen LogP contribution in [0.15, 0.2) is 42.9 Å². The van der Waals surface area contributed by atoms with E-state index in [1.165, 1.54) is 0 Å². The largest absolute Gasteiger partial charge is 0.363 e. The zero-order chi connectivity index (χ0) is 13.1. The lowest BCUT2D eigenvalue weighted by atomic mass is 10.1. The van der Waals surface area contributed by atoms with Gasteiger partial charge in [-0.1, -0.05) is 18.2 Å². The Bertz CT molecular complexity index is 740. The Labute approximate surface area is 109 Å². The first-order valence-electron chi connectivity index (χ1n) is 5.88. The summed E-state index contributed by atoms with van der Waals surface area (Å²) in [5, 5.41) is 13.3. The number of aromatic nitrogens is 3. The van der Waals surface area contributed by atoms with Gasteiger partial charge in [0.25, 0.3) is 0 Å². The lowest BCUT2D eigenvalue weighted by Crippen LogP contribution is -2.04. The second kappa shape index (κ2) is 4.78. The normalized spacial score (nSPS) is 10.3. The van der Waals surface area contributed by atoms with Gasteiger partial charge in [-0.25, -0.2) is 9.97 Å². The molecule has 92 valence electrons. The summed E-state index contributed by atoms with van der Waals surface area (Å²) >= 11 is 0. The van der Waals surface area contributed by atoms with Crippen molar-refractivity contribution in [3.05, 3.63) is 54.1 Å². The number of anilines is 1. The zero-order valence-electron chi connectivity index (χ0n) is 10.1. The summed E-state index contributed by atoms with van der Waals surface area (Å²) in [5.41, 5.74) is 2.35. The summed E-state index contributed by atoms with van der Waals surface area (Å²) in [6.07, 6.45) is 3.36. The number of hydrogen-bond donors (Lipinski definition) is 2. The molecule has 0 aliphatic rings. The van der Waals surface area contributed by atoms with E-state index in [9.17, 15) is 5.26 Å². The number of rotatable bonds is 3. The van der Waals surface area contributed by atoms with Crippen LogP contribution in [0, 0.1) is 11.3 Å². The van der Waals surface area contributed by atoms with Crippen LogP contribution in [0.25, 0.3) is 10.9 Å². The standard InChI is InChI=1S/C14H11N5/c15-6-11-5-10-3-1-2-4-13(10)19-14(11)17-8-12-7-16-9-18-12/h1-5,7,9H,8H2,(H,16,18)(H,17,19). The molecule has 0 fully saturated rings. The van der Waals surface area contributed by atoms with Crippen molar-refractivity contribution < 1.29 is 0 Å². The smallest absolute Gasteiger partial charge is 0.144 e. The van der Waals surface area contributed by atoms with Gasteiger partial charge in [0.05, 0.1) is 29.6 Å². The summed E-state index contributed by atoms with van der Waals surface area (Å²) in [4.78, 5) is 11.4. The van der Waals surface area contributed by atoms with Crippen molar-refractivity contribution in [3.63, 3.8) is 0 Å². The zero-order valence-corrected chi connectivity index (χ0v) is 10.1. The Hall–Kier alpha value is -2.87. The molecule has 0 saturated heterocycles. The van der Waals surface area contributed by atoms with E-state index in [4.69, 9.17) is 0 Å². The van der Waals surface area contributed by atoms with E-state index < -0.39 is 0 Å². The molecule has 0 radical (unpaired) electrons. The number of para-hydroxylation sites is 1. The van der Waals surface area contributed by atoms with Crippen LogP contribution in [0.2, 0.25) is 0 Å². The molecule has 0 aliphatic heterocycles. The second-order valence-corrected chi connectivity index (χ2v) is 4.12. The Morgan fingerprint density at radius 2 is 2.21 bits per heavy atom. The van der Waals surface area contributed by atoms with Gasteiger partial charge in [0, 0.05) is 11.6 Å². The van der Waals surface area contributed by atoms with Gasteiger partial charge >= 0.3 is 0 Å². The number of aromatic amines is 1. The Balaban J connectivity index is 1.95. The molecule has 3 rings (SSSR count). The van der Waals surface area contributed by atoms with E-state index in [2.05, 4.69) is 26.3 Å². The lowest BCUT2D eigenvalue weighted by Gasteiger charge is -2.07. The SMILES string of the molecule is N#Cc1cc2ccccc2nc1NCc1cnc[nH]1. The fourth-order valence-electron chi connectivity index (χ4n) is 1.90. The number of pyridine rings is 1. The van der Waals surface area contributed by atoms with Gasteiger partial charge in [-0.15, -0.1) is 0 Å². The molecule has 0 bridgehead atoms. The van der Waals surface area contributed by atoms with Crippen LogP contribution < -0.4 is 5.32 Å². The van der Waals surface area contributed by atoms with Crippen molar-refractivity contribution in [2.24, 2.45) is 0 Å². The molecule has 0 saturated carbocycles. The molecule has 5 heteroatoms. The Morgan fingerprint density at radius 3 is 3.00 bits per heavy atom. The minimum absolute atomic E-state index is 0.540. The van der Waals surface area contributed by atoms with Crippen molar-refractivity contribution >= 4 is 16.7 Å². The van der Waals surface area contributed by atoms with E-state index in [0.29, 0.717) is 17.9 Å². The first-order chi connectivity index (χ1) is 9.36. The number of nitrogens with zero attached hydrogens (tertiary/aromatic N) is 3. The van der Waals surface area contributed by atoms with Crippen LogP contribution in [0.5, 0.6) is 0 Å². The number of nitriles is 1. The van der Waals surface area contributed by atoms with E-state index in [0.717, 1.165) is 16.6 Å². The highest BCUT2D eigenvalue weighted by Gasteiger charge is 2.06. The topological polar surface area (TPSA) is 77.4 Å². The van der Waals surface area contributed by atoms with E-state index in [1.54, 1.807) is 12.5 Å². The summed E-state index contributed by atoms with van der Waals surface area (Å²) in [6, 6.07) is 11.8. The maximum atomic E-state index is 9.18. The fraction of sp³-hybridized carbons (Fsp3) is 0.0714. The van der Waals surface area contributed by atoms with Crippen molar-refractivity contribution in [2.75, 3.05) is 5.32 Å². The first-order valence-corrected chi connectivity index (χ1v) is 5.88. The maximum absolute atomic E-state index is 9.18. The number of hydrogen-bond acceptors (Lipinski definition) is 4. The van der Waals surface area contributed by atoms with Crippen molar-refractivity contribution in [1.82, 2.24) is 15.0 Å². The molecule has 0 atom stereocenters. The fourth-order valence-corrected chi connectivity index (χ4v) is 1.90. The molecule has 2 N–H and O–H groups in total. The van der Waals surface area contributed by atoms with Gasteiger partial charge in [-0.05, 0) is 12.1 Å². The molecule has 1 aromatic carbocycles. The number of benzene rings is 1. The molecule has 0 aliphatic carbocycles. The molecule has 2 heterocycles. The van der Waals surface area contributed by atoms with Crippen LogP contribution in [-0.4, -0.2) is 15.0 Å². The average molecular weight is 249 g/mol. The third-order valence-corrected chi connectivity index (χ3v) is 2.85. The molecule has 0 spiro atoms. The van der Waals surface area contributed by atoms with Gasteiger partial charge < -0.3 is 10.3 Å². The van der Waals surface area contributed by atoms with Gasteiger partial charge in [0.15, 0.2) is 0 Å². The maximum Gasteiger partial charge on any atom is 0.144 e. The molecule has 2 aromatic heterocycles. The number of nitrogens with one attached hydrogen (secondary N) is 2. The predicted octanol–water partition coefficient (Wildman–Crippen LogP) is 2.44. The van der Waals surface area contributed by atoms with E-state index >= 15 is 0 Å². The average Bonchev–Trinajstić information content (AvgIpc) is 2.97. The third kappa shape index (κ3) is 2.24. The van der Waals surface area contributed by atoms with Crippen molar-refractivity contribution in [2.45, 2.75) is 6.54 Å². The molecular formula is C14H11N5. The molecular weight excluding hydrogens is 238 g/mol. The van der Waals surface area contributed by atoms with Crippen LogP contribution in [0.1, 0.15) is 11.3 Å². The molecule has 5 nitrogen and oxygen atoms in total. The number of H-pyrrole nitrogens is 1. The molecule has 0 unspecified atom stereocenters. The van der Waals surface area contributed by atoms with Gasteiger partial charge in [-0.3, -0.25) is 0 Å². The van der Waals surface area contributed by atoms with Crippen LogP contribution in [0.3, 0.4) is 0 Å². The summed E-state index contributed by atoms with van der Waals surface area (Å²) < 4.78 is 0. The highest BCUT2D eigenvalue weighted by atomic mass is 15.0. The molecule has 3 aromatic rings. The van der Waals surface area contributed by atoms with Gasteiger partial charge in [-0.2, -0.15) is 5.26 Å². The third-order valence-electron chi connectivity index (χ3n) is 2.85. The van der Waals surface area contributed by atoms with Gasteiger partial charge in [0.2, 0.25) is 0 Å². The summed E-state index contributed by atoms with van der Waals surface area (Å²) in [6.45, 7) is 0.556. The highest BCUT2D eigenvalue weighted by molar-refractivity contribution is 5.82. The second-order valence-electron chi connectivity index (χ2n) is 4.12. The van der Waals surface area contributed by atoms with E-state index in [-0.39, 0.29) is 0 Å². The van der Waals surface area contributed by atoms with Crippen LogP contribution in [0.4, 0.5) is 5.82 Å². The minimum Gasteiger partial charge on any atom is -0.363 e. The number of fused-ring (bicyclic) bond motifs is 1. The first kappa shape index (κ1) is 11.2. The lowest BCUT2D eigenvalue weighted by molar-refractivity contribution is 1.06. The molecule has 0 amide bonds. The van der Waals surface area contributed by atoms with Crippen LogP contribution >= 0.6 is 0 Å². The quantitative estimate of drug-likeness (QED) is 0.747. The van der Waals surface area contributed by atoms with Crippen molar-refractivity contribution in [1.29, 1.82) is 5.26 Å². The molecule has 19 heavy (non-hydrogen) atoms. The summed E-state index contributed by atoms with van der Waals surface area (Å²) in [5.74, 6) is 0.593. The highest BCUT2D eigenvalue weighted by Crippen LogP contribution is 2.20. The minimum atomic E-state index is 0.540. The Morgan fingerprint density at radius 1 is 1.32 bits per heavy atom. The monoisotopic (exact) mass is 249 g/mol. The Kier molecular flexibility index (Phi) is 2.83. The van der Waals surface area contributed by atoms with E-state index in [1.807, 2.05) is 30.3 Å². The van der Waals surface area contributed by atoms with Crippen molar-refractivity contribution in [3.8, 4) is 6.07 Å². The predicted molar refractivity (Wildman–Crippen MR) is 72.4 cm³/mol. The number of imidazole rings is 1. The van der Waals surface area contributed by atoms with Crippen LogP contribution in [-0.2, 0) is 6.54 Å².